The highest BCUT2D eigenvalue weighted by atomic mass is 32.1. The van der Waals surface area contributed by atoms with Crippen LogP contribution >= 0.6 is 12.6 Å². The number of hydrogen-bond donors (Lipinski definition) is 5. The third-order valence-corrected chi connectivity index (χ3v) is 2.97. The van der Waals surface area contributed by atoms with E-state index in [1.807, 2.05) is 0 Å². The first-order valence-electron chi connectivity index (χ1n) is 7.03. The van der Waals surface area contributed by atoms with Crippen LogP contribution in [0, 0.1) is 0 Å². The Bertz CT molecular complexity index is 443. The van der Waals surface area contributed by atoms with Crippen LogP contribution in [0.3, 0.4) is 0 Å². The number of carbonyl (C=O) groups excluding carboxylic acids is 3. The fraction of sp³-hybridized carbons (Fsp3) is 0.692. The molecule has 0 aromatic carbocycles. The molecule has 10 heteroatoms. The van der Waals surface area contributed by atoms with Gasteiger partial charge in [-0.05, 0) is 20.3 Å². The van der Waals surface area contributed by atoms with Crippen molar-refractivity contribution < 1.29 is 29.0 Å². The van der Waals surface area contributed by atoms with Gasteiger partial charge in [-0.15, -0.1) is 0 Å². The lowest BCUT2D eigenvalue weighted by Gasteiger charge is -2.17. The summed E-state index contributed by atoms with van der Waals surface area (Å²) >= 11 is 3.96. The number of aliphatic carboxylic acids is 1. The summed E-state index contributed by atoms with van der Waals surface area (Å²) in [7, 11) is 0. The molecule has 0 rings (SSSR count). The van der Waals surface area contributed by atoms with Gasteiger partial charge in [-0.3, -0.25) is 19.2 Å². The van der Waals surface area contributed by atoms with Crippen LogP contribution < -0.4 is 16.4 Å². The van der Waals surface area contributed by atoms with E-state index >= 15 is 0 Å². The number of hydrogen-bond acceptors (Lipinski definition) is 7. The van der Waals surface area contributed by atoms with Crippen LogP contribution in [-0.4, -0.2) is 59.3 Å². The first-order valence-corrected chi connectivity index (χ1v) is 7.66. The highest BCUT2D eigenvalue weighted by Crippen LogP contribution is 1.97. The van der Waals surface area contributed by atoms with Crippen molar-refractivity contribution >= 4 is 36.4 Å². The molecule has 132 valence electrons. The third kappa shape index (κ3) is 9.74. The van der Waals surface area contributed by atoms with Gasteiger partial charge in [0.2, 0.25) is 11.8 Å². The van der Waals surface area contributed by atoms with Gasteiger partial charge in [0, 0.05) is 12.2 Å². The number of carboxylic acids is 1. The maximum absolute atomic E-state index is 11.8. The maximum Gasteiger partial charge on any atom is 0.325 e. The van der Waals surface area contributed by atoms with Gasteiger partial charge in [-0.1, -0.05) is 0 Å². The Hall–Kier alpha value is -1.81. The predicted octanol–water partition coefficient (Wildman–Crippen LogP) is -1.34. The van der Waals surface area contributed by atoms with Crippen LogP contribution in [0.2, 0.25) is 0 Å². The van der Waals surface area contributed by atoms with Crippen LogP contribution in [0.1, 0.15) is 26.7 Å². The van der Waals surface area contributed by atoms with Gasteiger partial charge in [0.1, 0.15) is 18.6 Å². The zero-order valence-corrected chi connectivity index (χ0v) is 14.0. The Morgan fingerprint density at radius 2 is 1.87 bits per heavy atom. The number of thiol groups is 1. The van der Waals surface area contributed by atoms with Gasteiger partial charge in [0.25, 0.3) is 0 Å². The highest BCUT2D eigenvalue weighted by Gasteiger charge is 2.21. The molecule has 0 fully saturated rings. The van der Waals surface area contributed by atoms with E-state index in [1.165, 1.54) is 0 Å². The van der Waals surface area contributed by atoms with E-state index in [0.29, 0.717) is 0 Å². The topological polar surface area (TPSA) is 148 Å². The van der Waals surface area contributed by atoms with Crippen molar-refractivity contribution in [3.8, 4) is 0 Å². The highest BCUT2D eigenvalue weighted by molar-refractivity contribution is 7.80. The molecule has 0 saturated heterocycles. The van der Waals surface area contributed by atoms with E-state index in [1.54, 1.807) is 13.8 Å². The SMILES string of the molecule is CC(C)OC(=O)CNC(=O)[C@H](CS)NC(=O)CC[C@H](N)C(=O)O. The number of nitrogens with one attached hydrogen (secondary N) is 2. The molecule has 2 amide bonds. The van der Waals surface area contributed by atoms with Gasteiger partial charge in [0.15, 0.2) is 0 Å². The molecule has 0 spiro atoms. The fourth-order valence-corrected chi connectivity index (χ4v) is 1.71. The summed E-state index contributed by atoms with van der Waals surface area (Å²) in [5.74, 6) is -2.89. The van der Waals surface area contributed by atoms with Crippen LogP contribution in [0.25, 0.3) is 0 Å². The number of rotatable bonds is 10. The number of esters is 1. The number of nitrogens with two attached hydrogens (primary N) is 1. The molecule has 0 bridgehead atoms. The lowest BCUT2D eigenvalue weighted by atomic mass is 10.1. The molecular formula is C13H23N3O6S. The summed E-state index contributed by atoms with van der Waals surface area (Å²) < 4.78 is 4.85. The number of carboxylic acid groups (broad SMARTS) is 1. The first kappa shape index (κ1) is 21.2. The average Bonchev–Trinajstić information content (AvgIpc) is 2.46. The fourth-order valence-electron chi connectivity index (χ4n) is 1.46. The molecule has 9 nitrogen and oxygen atoms in total. The van der Waals surface area contributed by atoms with Crippen LogP contribution in [0.5, 0.6) is 0 Å². The molecule has 23 heavy (non-hydrogen) atoms. The van der Waals surface area contributed by atoms with E-state index < -0.39 is 35.8 Å². The van der Waals surface area contributed by atoms with E-state index in [2.05, 4.69) is 23.3 Å². The van der Waals surface area contributed by atoms with E-state index in [0.717, 1.165) is 0 Å². The standard InChI is InChI=1S/C13H23N3O6S/c1-7(2)22-11(18)5-15-12(19)9(6-23)16-10(17)4-3-8(14)13(20)21/h7-9,23H,3-6,14H2,1-2H3,(H,15,19)(H,16,17)(H,20,21)/t8-,9-/m0/s1. The molecule has 0 aliphatic carbocycles. The van der Waals surface area contributed by atoms with E-state index in [4.69, 9.17) is 15.6 Å². The van der Waals surface area contributed by atoms with Gasteiger partial charge >= 0.3 is 11.9 Å². The molecular weight excluding hydrogens is 326 g/mol. The third-order valence-electron chi connectivity index (χ3n) is 2.61. The van der Waals surface area contributed by atoms with Crippen molar-refractivity contribution in [3.05, 3.63) is 0 Å². The summed E-state index contributed by atoms with van der Waals surface area (Å²) in [4.78, 5) is 45.4. The van der Waals surface area contributed by atoms with Gasteiger partial charge in [-0.2, -0.15) is 12.6 Å². The number of carbonyl (C=O) groups is 4. The van der Waals surface area contributed by atoms with Crippen molar-refractivity contribution in [3.63, 3.8) is 0 Å². The lowest BCUT2D eigenvalue weighted by Crippen LogP contribution is -2.49. The quantitative estimate of drug-likeness (QED) is 0.242. The Labute approximate surface area is 139 Å². The lowest BCUT2D eigenvalue weighted by molar-refractivity contribution is -0.147. The normalized spacial score (nSPS) is 13.1. The predicted molar refractivity (Wildman–Crippen MR) is 84.9 cm³/mol. The Morgan fingerprint density at radius 1 is 1.26 bits per heavy atom. The second-order valence-electron chi connectivity index (χ2n) is 5.04. The molecule has 0 aromatic heterocycles. The maximum atomic E-state index is 11.8. The summed E-state index contributed by atoms with van der Waals surface area (Å²) in [6.07, 6.45) is -0.485. The van der Waals surface area contributed by atoms with Crippen molar-refractivity contribution in [2.45, 2.75) is 44.9 Å². The van der Waals surface area contributed by atoms with Crippen molar-refractivity contribution in [1.29, 1.82) is 0 Å². The molecule has 0 unspecified atom stereocenters. The monoisotopic (exact) mass is 349 g/mol. The largest absolute Gasteiger partial charge is 0.480 e. The molecule has 0 heterocycles. The number of amides is 2. The molecule has 0 aliphatic rings. The zero-order valence-electron chi connectivity index (χ0n) is 13.1. The summed E-state index contributed by atoms with van der Waals surface area (Å²) in [5, 5.41) is 13.3. The Kier molecular flexibility index (Phi) is 9.99. The molecule has 0 aromatic rings. The average molecular weight is 349 g/mol. The van der Waals surface area contributed by atoms with Crippen molar-refractivity contribution in [2.24, 2.45) is 5.73 Å². The van der Waals surface area contributed by atoms with Crippen LogP contribution in [0.15, 0.2) is 0 Å². The smallest absolute Gasteiger partial charge is 0.325 e. The molecule has 0 radical (unpaired) electrons. The van der Waals surface area contributed by atoms with E-state index in [9.17, 15) is 19.2 Å². The van der Waals surface area contributed by atoms with Crippen LogP contribution in [0.4, 0.5) is 0 Å². The summed E-state index contributed by atoms with van der Waals surface area (Å²) in [5.41, 5.74) is 5.28. The van der Waals surface area contributed by atoms with E-state index in [-0.39, 0.29) is 31.2 Å². The first-order chi connectivity index (χ1) is 10.7. The second-order valence-corrected chi connectivity index (χ2v) is 5.41. The second kappa shape index (κ2) is 10.8. The minimum absolute atomic E-state index is 0.0157. The zero-order chi connectivity index (χ0) is 18.0. The molecule has 2 atom stereocenters. The Morgan fingerprint density at radius 3 is 2.35 bits per heavy atom. The number of ether oxygens (including phenoxy) is 1. The minimum Gasteiger partial charge on any atom is -0.480 e. The van der Waals surface area contributed by atoms with Crippen molar-refractivity contribution in [2.75, 3.05) is 12.3 Å². The minimum atomic E-state index is -1.20. The van der Waals surface area contributed by atoms with Gasteiger partial charge in [-0.25, -0.2) is 0 Å². The van der Waals surface area contributed by atoms with Gasteiger partial charge in [0.05, 0.1) is 6.10 Å². The van der Waals surface area contributed by atoms with Gasteiger partial charge < -0.3 is 26.2 Å². The van der Waals surface area contributed by atoms with Crippen molar-refractivity contribution in [1.82, 2.24) is 10.6 Å². The summed E-state index contributed by atoms with van der Waals surface area (Å²) in [6, 6.07) is -2.09. The Balaban J connectivity index is 4.26. The molecule has 5 N–H and O–H groups in total. The molecule has 0 aliphatic heterocycles. The molecule has 0 saturated carbocycles. The van der Waals surface area contributed by atoms with Crippen LogP contribution in [-0.2, 0) is 23.9 Å². The summed E-state index contributed by atoms with van der Waals surface area (Å²) in [6.45, 7) is 3.04.